The molecule has 0 spiro atoms. The highest BCUT2D eigenvalue weighted by Gasteiger charge is 2.23. The zero-order valence-electron chi connectivity index (χ0n) is 11.7. The lowest BCUT2D eigenvalue weighted by atomic mass is 10.0. The Morgan fingerprint density at radius 3 is 2.63 bits per heavy atom. The van der Waals surface area contributed by atoms with Crippen LogP contribution in [0.1, 0.15) is 25.3 Å². The fourth-order valence-electron chi connectivity index (χ4n) is 2.83. The number of alkyl halides is 1. The van der Waals surface area contributed by atoms with Crippen LogP contribution in [0.3, 0.4) is 0 Å². The molecule has 1 aliphatic rings. The minimum Gasteiger partial charge on any atom is -0.371 e. The fraction of sp³-hybridized carbons (Fsp3) is 0.600. The number of nitrogens with zero attached hydrogens (tertiary/aromatic N) is 2. The van der Waals surface area contributed by atoms with Gasteiger partial charge in [0.15, 0.2) is 0 Å². The molecule has 1 aromatic carbocycles. The first-order chi connectivity index (χ1) is 9.17. The molecular formula is C15H22ClFN2. The predicted molar refractivity (Wildman–Crippen MR) is 79.5 cm³/mol. The van der Waals surface area contributed by atoms with Crippen LogP contribution in [-0.4, -0.2) is 37.6 Å². The Balaban J connectivity index is 2.12. The molecule has 1 aliphatic heterocycles. The second-order valence-corrected chi connectivity index (χ2v) is 5.41. The van der Waals surface area contributed by atoms with Crippen LogP contribution in [0.25, 0.3) is 0 Å². The summed E-state index contributed by atoms with van der Waals surface area (Å²) in [6, 6.07) is 5.69. The minimum absolute atomic E-state index is 0.203. The Hall–Kier alpha value is -0.800. The summed E-state index contributed by atoms with van der Waals surface area (Å²) in [4.78, 5) is 4.66. The quantitative estimate of drug-likeness (QED) is 0.781. The van der Waals surface area contributed by atoms with Crippen LogP contribution in [0.2, 0.25) is 0 Å². The van der Waals surface area contributed by atoms with Crippen LogP contribution in [0.5, 0.6) is 0 Å². The van der Waals surface area contributed by atoms with E-state index in [0.717, 1.165) is 38.2 Å². The van der Waals surface area contributed by atoms with Crippen molar-refractivity contribution in [3.05, 3.63) is 29.6 Å². The van der Waals surface area contributed by atoms with Gasteiger partial charge in [-0.05, 0) is 31.5 Å². The highest BCUT2D eigenvalue weighted by molar-refractivity contribution is 6.17. The lowest BCUT2D eigenvalue weighted by molar-refractivity contribution is 0.221. The summed E-state index contributed by atoms with van der Waals surface area (Å²) in [6.45, 7) is 5.56. The SMILES string of the molecule is CCN1CCC(N(C)c2cccc(F)c2CCl)CC1. The highest BCUT2D eigenvalue weighted by Crippen LogP contribution is 2.28. The summed E-state index contributed by atoms with van der Waals surface area (Å²) >= 11 is 5.89. The molecule has 0 atom stereocenters. The van der Waals surface area contributed by atoms with Crippen molar-refractivity contribution >= 4 is 17.3 Å². The monoisotopic (exact) mass is 284 g/mol. The van der Waals surface area contributed by atoms with Gasteiger partial charge in [-0.2, -0.15) is 0 Å². The molecule has 0 radical (unpaired) electrons. The van der Waals surface area contributed by atoms with Crippen molar-refractivity contribution in [3.8, 4) is 0 Å². The molecule has 0 aliphatic carbocycles. The Morgan fingerprint density at radius 1 is 1.37 bits per heavy atom. The van der Waals surface area contributed by atoms with Gasteiger partial charge in [0.1, 0.15) is 5.82 Å². The maximum absolute atomic E-state index is 13.8. The van der Waals surface area contributed by atoms with Gasteiger partial charge in [0, 0.05) is 37.4 Å². The maximum atomic E-state index is 13.8. The smallest absolute Gasteiger partial charge is 0.129 e. The molecule has 19 heavy (non-hydrogen) atoms. The number of piperidine rings is 1. The molecule has 2 rings (SSSR count). The third kappa shape index (κ3) is 3.21. The zero-order chi connectivity index (χ0) is 13.8. The number of hydrogen-bond acceptors (Lipinski definition) is 2. The van der Waals surface area contributed by atoms with Crippen LogP contribution in [-0.2, 0) is 5.88 Å². The number of likely N-dealkylation sites (tertiary alicyclic amines) is 1. The van der Waals surface area contributed by atoms with Crippen molar-refractivity contribution in [2.24, 2.45) is 0 Å². The molecule has 1 aromatic rings. The molecule has 0 amide bonds. The van der Waals surface area contributed by atoms with E-state index in [2.05, 4.69) is 23.8 Å². The lowest BCUT2D eigenvalue weighted by Crippen LogP contribution is -2.43. The standard InChI is InChI=1S/C15H22ClFN2/c1-3-19-9-7-12(8-10-19)18(2)15-6-4-5-14(17)13(15)11-16/h4-6,12H,3,7-11H2,1-2H3. The van der Waals surface area contributed by atoms with E-state index in [1.807, 2.05) is 6.07 Å². The third-order valence-corrected chi connectivity index (χ3v) is 4.43. The minimum atomic E-state index is -0.203. The second kappa shape index (κ2) is 6.58. The maximum Gasteiger partial charge on any atom is 0.129 e. The van der Waals surface area contributed by atoms with Crippen LogP contribution < -0.4 is 4.90 Å². The zero-order valence-corrected chi connectivity index (χ0v) is 12.5. The molecule has 4 heteroatoms. The molecule has 0 bridgehead atoms. The molecule has 0 unspecified atom stereocenters. The Morgan fingerprint density at radius 2 is 2.05 bits per heavy atom. The molecule has 0 aromatic heterocycles. The van der Waals surface area contributed by atoms with Gasteiger partial charge in [-0.1, -0.05) is 13.0 Å². The number of anilines is 1. The van der Waals surface area contributed by atoms with E-state index in [4.69, 9.17) is 11.6 Å². The fourth-order valence-corrected chi connectivity index (χ4v) is 3.09. The van der Waals surface area contributed by atoms with Crippen molar-refractivity contribution in [3.63, 3.8) is 0 Å². The Kier molecular flexibility index (Phi) is 5.06. The van der Waals surface area contributed by atoms with Crippen molar-refractivity contribution in [2.75, 3.05) is 31.6 Å². The summed E-state index contributed by atoms with van der Waals surface area (Å²) in [5.41, 5.74) is 1.55. The van der Waals surface area contributed by atoms with E-state index in [0.29, 0.717) is 11.6 Å². The summed E-state index contributed by atoms with van der Waals surface area (Å²) in [7, 11) is 2.05. The normalized spacial score (nSPS) is 17.7. The summed E-state index contributed by atoms with van der Waals surface area (Å²) in [6.07, 6.45) is 2.26. The van der Waals surface area contributed by atoms with Crippen LogP contribution in [0.4, 0.5) is 10.1 Å². The first-order valence-corrected chi connectivity index (χ1v) is 7.49. The van der Waals surface area contributed by atoms with Crippen LogP contribution in [0.15, 0.2) is 18.2 Å². The molecule has 1 heterocycles. The molecule has 0 saturated carbocycles. The lowest BCUT2D eigenvalue weighted by Gasteiger charge is -2.38. The molecular weight excluding hydrogens is 263 g/mol. The summed E-state index contributed by atoms with van der Waals surface area (Å²) in [5, 5.41) is 0. The van der Waals surface area contributed by atoms with E-state index in [1.165, 1.54) is 6.07 Å². The van der Waals surface area contributed by atoms with Gasteiger partial charge >= 0.3 is 0 Å². The average molecular weight is 285 g/mol. The van der Waals surface area contributed by atoms with E-state index < -0.39 is 0 Å². The largest absolute Gasteiger partial charge is 0.371 e. The highest BCUT2D eigenvalue weighted by atomic mass is 35.5. The van der Waals surface area contributed by atoms with Gasteiger partial charge in [-0.3, -0.25) is 0 Å². The van der Waals surface area contributed by atoms with E-state index in [9.17, 15) is 4.39 Å². The Bertz CT molecular complexity index is 417. The number of halogens is 2. The first-order valence-electron chi connectivity index (χ1n) is 6.96. The molecule has 1 fully saturated rings. The Labute approximate surface area is 120 Å². The number of rotatable bonds is 4. The average Bonchev–Trinajstić information content (AvgIpc) is 2.46. The predicted octanol–water partition coefficient (Wildman–Crippen LogP) is 3.49. The van der Waals surface area contributed by atoms with Gasteiger partial charge in [-0.25, -0.2) is 4.39 Å². The molecule has 106 valence electrons. The number of hydrogen-bond donors (Lipinski definition) is 0. The van der Waals surface area contributed by atoms with Gasteiger partial charge in [0.05, 0.1) is 5.88 Å². The summed E-state index contributed by atoms with van der Waals surface area (Å²) in [5.74, 6) is 0.0190. The van der Waals surface area contributed by atoms with Crippen molar-refractivity contribution in [2.45, 2.75) is 31.7 Å². The van der Waals surface area contributed by atoms with Gasteiger partial charge in [-0.15, -0.1) is 11.6 Å². The van der Waals surface area contributed by atoms with E-state index >= 15 is 0 Å². The first kappa shape index (κ1) is 14.6. The molecule has 0 N–H and O–H groups in total. The van der Waals surface area contributed by atoms with Crippen molar-refractivity contribution in [1.82, 2.24) is 4.90 Å². The third-order valence-electron chi connectivity index (χ3n) is 4.16. The molecule has 1 saturated heterocycles. The van der Waals surface area contributed by atoms with Crippen LogP contribution in [0, 0.1) is 5.82 Å². The topological polar surface area (TPSA) is 6.48 Å². The van der Waals surface area contributed by atoms with Crippen molar-refractivity contribution < 1.29 is 4.39 Å². The number of benzene rings is 1. The van der Waals surface area contributed by atoms with E-state index in [1.54, 1.807) is 6.07 Å². The van der Waals surface area contributed by atoms with Crippen LogP contribution >= 0.6 is 11.6 Å². The van der Waals surface area contributed by atoms with E-state index in [-0.39, 0.29) is 11.7 Å². The summed E-state index contributed by atoms with van der Waals surface area (Å²) < 4.78 is 13.8. The van der Waals surface area contributed by atoms with Gasteiger partial charge in [0.2, 0.25) is 0 Å². The van der Waals surface area contributed by atoms with Gasteiger partial charge < -0.3 is 9.80 Å². The van der Waals surface area contributed by atoms with Gasteiger partial charge in [0.25, 0.3) is 0 Å². The van der Waals surface area contributed by atoms with Crippen molar-refractivity contribution in [1.29, 1.82) is 0 Å². The molecule has 2 nitrogen and oxygen atoms in total. The second-order valence-electron chi connectivity index (χ2n) is 5.15.